The molecule has 1 fully saturated rings. The van der Waals surface area contributed by atoms with E-state index in [0.29, 0.717) is 28.7 Å². The van der Waals surface area contributed by atoms with Gasteiger partial charge in [0, 0.05) is 46.5 Å². The highest BCUT2D eigenvalue weighted by Gasteiger charge is 2.57. The number of amides is 1. The number of fused-ring (bicyclic) bond motifs is 6. The Labute approximate surface area is 223 Å². The van der Waals surface area contributed by atoms with E-state index in [1.165, 1.54) is 0 Å². The molecule has 2 bridgehead atoms. The van der Waals surface area contributed by atoms with E-state index in [-0.39, 0.29) is 54.3 Å². The van der Waals surface area contributed by atoms with E-state index in [0.717, 1.165) is 22.3 Å². The molecule has 0 radical (unpaired) electrons. The number of hydrogen-bond acceptors (Lipinski definition) is 8. The molecule has 1 saturated heterocycles. The molecule has 0 aromatic heterocycles. The second kappa shape index (κ2) is 9.16. The maximum Gasteiger partial charge on any atom is 0.236 e. The maximum absolute atomic E-state index is 13.7. The van der Waals surface area contributed by atoms with E-state index in [2.05, 4.69) is 22.4 Å². The summed E-state index contributed by atoms with van der Waals surface area (Å²) < 4.78 is 0. The van der Waals surface area contributed by atoms with Gasteiger partial charge in [-0.2, -0.15) is 5.26 Å². The van der Waals surface area contributed by atoms with Crippen molar-refractivity contribution in [2.24, 2.45) is 5.73 Å². The number of aryl methyl sites for hydroxylation is 1. The lowest BCUT2D eigenvalue weighted by molar-refractivity contribution is -0.124. The number of Topliss-reactive ketones (excluding diaryl/α,β-unsaturated/α-hetero) is 2. The zero-order valence-electron chi connectivity index (χ0n) is 22.8. The van der Waals surface area contributed by atoms with Crippen molar-refractivity contribution in [2.45, 2.75) is 83.7 Å². The van der Waals surface area contributed by atoms with Gasteiger partial charge in [0.25, 0.3) is 0 Å². The number of aromatic hydroxyl groups is 1. The van der Waals surface area contributed by atoms with E-state index in [4.69, 9.17) is 5.73 Å². The number of nitrogens with one attached hydrogen (secondary N) is 1. The largest absolute Gasteiger partial charge is 0.507 e. The van der Waals surface area contributed by atoms with Gasteiger partial charge in [-0.15, -0.1) is 0 Å². The fraction of sp³-hybridized carbons (Fsp3) is 0.517. The molecule has 5 rings (SSSR count). The highest BCUT2D eigenvalue weighted by atomic mass is 16.3. The summed E-state index contributed by atoms with van der Waals surface area (Å²) in [5, 5.41) is 24.7. The third kappa shape index (κ3) is 3.58. The Hall–Kier alpha value is -3.32. The number of phenolic OH excluding ortho intramolecular Hbond substituents is 1. The highest BCUT2D eigenvalue weighted by molar-refractivity contribution is 6.25. The normalized spacial score (nSPS) is 29.9. The fourth-order valence-corrected chi connectivity index (χ4v) is 6.93. The van der Waals surface area contributed by atoms with Crippen LogP contribution in [0.15, 0.2) is 28.4 Å². The van der Waals surface area contributed by atoms with Crippen molar-refractivity contribution in [2.75, 3.05) is 13.6 Å². The quantitative estimate of drug-likeness (QED) is 0.513. The van der Waals surface area contributed by atoms with E-state index >= 15 is 0 Å². The van der Waals surface area contributed by atoms with Crippen LogP contribution in [0.3, 0.4) is 0 Å². The third-order valence-electron chi connectivity index (χ3n) is 9.27. The molecule has 3 unspecified atom stereocenters. The summed E-state index contributed by atoms with van der Waals surface area (Å²) in [5.41, 5.74) is 11.1. The number of ketones is 2. The number of hydrogen-bond donors (Lipinski definition) is 3. The lowest BCUT2D eigenvalue weighted by atomic mass is 9.69. The van der Waals surface area contributed by atoms with Crippen LogP contribution >= 0.6 is 0 Å². The van der Waals surface area contributed by atoms with Gasteiger partial charge in [0.1, 0.15) is 11.8 Å². The average molecular weight is 518 g/mol. The van der Waals surface area contributed by atoms with Crippen molar-refractivity contribution in [3.8, 4) is 11.8 Å². The van der Waals surface area contributed by atoms with Crippen LogP contribution in [0.4, 0.5) is 0 Å². The maximum atomic E-state index is 13.7. The van der Waals surface area contributed by atoms with Crippen LogP contribution in [0.2, 0.25) is 0 Å². The van der Waals surface area contributed by atoms with Crippen LogP contribution in [0.1, 0.15) is 55.5 Å². The van der Waals surface area contributed by atoms with Crippen molar-refractivity contribution in [1.29, 1.82) is 5.26 Å². The van der Waals surface area contributed by atoms with Crippen LogP contribution < -0.4 is 11.1 Å². The molecule has 3 aliphatic heterocycles. The van der Waals surface area contributed by atoms with E-state index in [1.54, 1.807) is 20.8 Å². The number of nitriles is 1. The minimum Gasteiger partial charge on any atom is -0.507 e. The van der Waals surface area contributed by atoms with Crippen LogP contribution in [-0.4, -0.2) is 76.2 Å². The molecule has 4 N–H and O–H groups in total. The molecule has 38 heavy (non-hydrogen) atoms. The Morgan fingerprint density at radius 2 is 1.84 bits per heavy atom. The molecule has 4 aliphatic rings. The van der Waals surface area contributed by atoms with Crippen molar-refractivity contribution in [3.05, 3.63) is 50.6 Å². The van der Waals surface area contributed by atoms with Gasteiger partial charge in [-0.05, 0) is 71.2 Å². The molecular weight excluding hydrogens is 482 g/mol. The number of rotatable bonds is 3. The second-order valence-corrected chi connectivity index (χ2v) is 11.3. The van der Waals surface area contributed by atoms with Gasteiger partial charge in [-0.3, -0.25) is 24.2 Å². The van der Waals surface area contributed by atoms with Crippen molar-refractivity contribution < 1.29 is 19.5 Å². The van der Waals surface area contributed by atoms with E-state index < -0.39 is 18.1 Å². The van der Waals surface area contributed by atoms with Crippen LogP contribution in [0.25, 0.3) is 0 Å². The number of nitrogens with zero attached hydrogens (tertiary/aromatic N) is 3. The predicted molar refractivity (Wildman–Crippen MR) is 141 cm³/mol. The van der Waals surface area contributed by atoms with Gasteiger partial charge >= 0.3 is 0 Å². The fourth-order valence-electron chi connectivity index (χ4n) is 6.93. The lowest BCUT2D eigenvalue weighted by Crippen LogP contribution is -2.71. The van der Waals surface area contributed by atoms with Crippen molar-refractivity contribution in [3.63, 3.8) is 0 Å². The molecule has 1 aromatic carbocycles. The molecule has 6 atom stereocenters. The zero-order chi connectivity index (χ0) is 27.8. The van der Waals surface area contributed by atoms with Gasteiger partial charge < -0.3 is 16.2 Å². The Morgan fingerprint density at radius 1 is 1.18 bits per heavy atom. The third-order valence-corrected chi connectivity index (χ3v) is 9.27. The summed E-state index contributed by atoms with van der Waals surface area (Å²) in [7, 11) is 1.97. The highest BCUT2D eigenvalue weighted by Crippen LogP contribution is 2.52. The molecule has 1 amide bonds. The van der Waals surface area contributed by atoms with Gasteiger partial charge in [0.15, 0.2) is 11.6 Å². The second-order valence-electron chi connectivity index (χ2n) is 11.3. The standard InChI is InChI=1S/C29H35N5O4/c1-12-7-17-8-19-21(10-30)34-20(25(33(19)6)23(17)27(36)13(12)2)9-18-24(22(34)11-32-29(38)16(5)31)28(37)15(4)14(3)26(18)35/h7,16,19-22,25,36H,8-9,11,31H2,1-6H3,(H,32,38)/t16?,19-,20?,21-,22-,25?/m0/s1. The summed E-state index contributed by atoms with van der Waals surface area (Å²) in [6.07, 6.45) is 0.835. The van der Waals surface area contributed by atoms with E-state index in [9.17, 15) is 24.8 Å². The topological polar surface area (TPSA) is 140 Å². The number of carbonyl (C=O) groups excluding carboxylic acids is 3. The van der Waals surface area contributed by atoms with Gasteiger partial charge in [-0.25, -0.2) is 0 Å². The van der Waals surface area contributed by atoms with Crippen molar-refractivity contribution >= 4 is 17.5 Å². The van der Waals surface area contributed by atoms with Crippen LogP contribution in [0.5, 0.6) is 5.75 Å². The first-order valence-corrected chi connectivity index (χ1v) is 13.1. The van der Waals surface area contributed by atoms with Crippen molar-refractivity contribution in [1.82, 2.24) is 15.1 Å². The summed E-state index contributed by atoms with van der Waals surface area (Å²) in [6.45, 7) is 8.82. The number of carbonyl (C=O) groups is 3. The lowest BCUT2D eigenvalue weighted by Gasteiger charge is -2.60. The first kappa shape index (κ1) is 26.3. The summed E-state index contributed by atoms with van der Waals surface area (Å²) in [4.78, 5) is 43.9. The molecular formula is C29H35N5O4. The van der Waals surface area contributed by atoms with Gasteiger partial charge in [-0.1, -0.05) is 6.07 Å². The molecule has 9 heteroatoms. The first-order chi connectivity index (χ1) is 17.9. The SMILES string of the molecule is CC1=C(C)C(=O)C2=C(CC3C4c5c(cc(C)c(C)c5O)C[C@@H]([C@H](C#N)N3[C@H]2CNC(=O)C(C)N)N4C)C1=O. The minimum absolute atomic E-state index is 0.0498. The number of benzene rings is 1. The Balaban J connectivity index is 1.72. The molecule has 9 nitrogen and oxygen atoms in total. The van der Waals surface area contributed by atoms with Gasteiger partial charge in [0.05, 0.1) is 24.2 Å². The smallest absolute Gasteiger partial charge is 0.236 e. The molecule has 1 aliphatic carbocycles. The minimum atomic E-state index is -0.746. The van der Waals surface area contributed by atoms with Crippen LogP contribution in [0, 0.1) is 25.2 Å². The van der Waals surface area contributed by atoms with E-state index in [1.807, 2.05) is 25.8 Å². The Morgan fingerprint density at radius 3 is 2.47 bits per heavy atom. The number of likely N-dealkylation sites (N-methyl/N-ethyl adjacent to an activating group) is 1. The number of piperazine rings is 1. The first-order valence-electron chi connectivity index (χ1n) is 13.1. The molecule has 0 saturated carbocycles. The molecule has 0 spiro atoms. The number of allylic oxidation sites excluding steroid dienone is 2. The zero-order valence-corrected chi connectivity index (χ0v) is 22.8. The Bertz CT molecular complexity index is 1380. The monoisotopic (exact) mass is 517 g/mol. The number of nitrogens with two attached hydrogens (primary N) is 1. The molecule has 200 valence electrons. The predicted octanol–water partition coefficient (Wildman–Crippen LogP) is 1.50. The number of phenols is 1. The molecule has 1 aromatic rings. The summed E-state index contributed by atoms with van der Waals surface area (Å²) in [5.74, 6) is -0.514. The summed E-state index contributed by atoms with van der Waals surface area (Å²) in [6, 6.07) is 1.71. The molecule has 3 heterocycles. The summed E-state index contributed by atoms with van der Waals surface area (Å²) >= 11 is 0. The Kier molecular flexibility index (Phi) is 6.33. The van der Waals surface area contributed by atoms with Gasteiger partial charge in [0.2, 0.25) is 5.91 Å². The van der Waals surface area contributed by atoms with Crippen LogP contribution in [-0.2, 0) is 20.8 Å². The average Bonchev–Trinajstić information content (AvgIpc) is 2.88.